The summed E-state index contributed by atoms with van der Waals surface area (Å²) in [4.78, 5) is 27.8. The van der Waals surface area contributed by atoms with E-state index in [1.54, 1.807) is 31.2 Å². The van der Waals surface area contributed by atoms with Gasteiger partial charge in [0.05, 0.1) is 5.69 Å². The number of anilines is 1. The maximum Gasteiger partial charge on any atom is 0.266 e. The summed E-state index contributed by atoms with van der Waals surface area (Å²) in [5, 5.41) is 5.39. The topological polar surface area (TPSA) is 68.3 Å². The molecule has 1 aromatic heterocycles. The van der Waals surface area contributed by atoms with Crippen molar-refractivity contribution >= 4 is 28.2 Å². The number of Topliss-reactive ketones (excluding diaryl/α,β-unsaturated/α-hetero) is 1. The summed E-state index contributed by atoms with van der Waals surface area (Å²) in [6, 6.07) is 6.75. The van der Waals surface area contributed by atoms with Crippen molar-refractivity contribution in [3.63, 3.8) is 0 Å². The zero-order chi connectivity index (χ0) is 16.4. The summed E-state index contributed by atoms with van der Waals surface area (Å²) < 4.78 is 5.60. The first-order valence-corrected chi connectivity index (χ1v) is 8.45. The summed E-state index contributed by atoms with van der Waals surface area (Å²) in [6.45, 7) is 3.19. The third kappa shape index (κ3) is 3.96. The first kappa shape index (κ1) is 15.7. The fraction of sp³-hybridized carbons (Fsp3) is 0.353. The molecule has 23 heavy (non-hydrogen) atoms. The van der Waals surface area contributed by atoms with E-state index < -0.39 is 6.10 Å². The third-order valence-electron chi connectivity index (χ3n) is 3.69. The maximum atomic E-state index is 12.2. The summed E-state index contributed by atoms with van der Waals surface area (Å²) in [5.74, 6) is 0.885. The van der Waals surface area contributed by atoms with Crippen molar-refractivity contribution in [1.29, 1.82) is 0 Å². The van der Waals surface area contributed by atoms with E-state index in [-0.39, 0.29) is 11.7 Å². The van der Waals surface area contributed by atoms with Gasteiger partial charge in [0.2, 0.25) is 0 Å². The Bertz CT molecular complexity index is 720. The van der Waals surface area contributed by atoms with Crippen LogP contribution in [-0.2, 0) is 4.79 Å². The van der Waals surface area contributed by atoms with Crippen LogP contribution in [0.25, 0.3) is 0 Å². The van der Waals surface area contributed by atoms with Crippen LogP contribution in [-0.4, -0.2) is 22.8 Å². The number of nitrogens with zero attached hydrogens (tertiary/aromatic N) is 1. The Labute approximate surface area is 138 Å². The molecule has 3 rings (SSSR count). The molecule has 1 heterocycles. The molecule has 0 saturated heterocycles. The van der Waals surface area contributed by atoms with Gasteiger partial charge in [0, 0.05) is 16.9 Å². The van der Waals surface area contributed by atoms with Crippen LogP contribution in [0.15, 0.2) is 29.6 Å². The first-order valence-electron chi connectivity index (χ1n) is 7.57. The number of amides is 1. The van der Waals surface area contributed by atoms with Gasteiger partial charge in [-0.25, -0.2) is 4.98 Å². The van der Waals surface area contributed by atoms with Crippen LogP contribution >= 0.6 is 11.3 Å². The van der Waals surface area contributed by atoms with Crippen LogP contribution in [0.3, 0.4) is 0 Å². The van der Waals surface area contributed by atoms with E-state index in [1.807, 2.05) is 5.38 Å². The number of ether oxygens (including phenoxy) is 1. The SMILES string of the molecule is CC(=O)c1ccc(O[C@@H](C)C(=O)Nc2nc(C3CC3)cs2)cc1. The number of hydrogen-bond acceptors (Lipinski definition) is 5. The van der Waals surface area contributed by atoms with Gasteiger partial charge in [0.25, 0.3) is 5.91 Å². The zero-order valence-electron chi connectivity index (χ0n) is 13.0. The van der Waals surface area contributed by atoms with E-state index in [0.29, 0.717) is 22.4 Å². The van der Waals surface area contributed by atoms with Gasteiger partial charge in [0.15, 0.2) is 17.0 Å². The van der Waals surface area contributed by atoms with Crippen molar-refractivity contribution < 1.29 is 14.3 Å². The number of nitrogens with one attached hydrogen (secondary N) is 1. The van der Waals surface area contributed by atoms with Crippen LogP contribution in [0.1, 0.15) is 48.7 Å². The maximum absolute atomic E-state index is 12.2. The fourth-order valence-corrected chi connectivity index (χ4v) is 2.94. The van der Waals surface area contributed by atoms with E-state index in [1.165, 1.54) is 31.1 Å². The lowest BCUT2D eigenvalue weighted by atomic mass is 10.1. The molecule has 1 aromatic carbocycles. The smallest absolute Gasteiger partial charge is 0.266 e. The highest BCUT2D eigenvalue weighted by molar-refractivity contribution is 7.13. The first-order chi connectivity index (χ1) is 11.0. The molecule has 1 amide bonds. The van der Waals surface area contributed by atoms with E-state index in [4.69, 9.17) is 4.74 Å². The van der Waals surface area contributed by atoms with E-state index >= 15 is 0 Å². The number of benzene rings is 1. The minimum absolute atomic E-state index is 0.00224. The number of carbonyl (C=O) groups is 2. The Morgan fingerprint density at radius 1 is 1.30 bits per heavy atom. The molecular formula is C17H18N2O3S. The Kier molecular flexibility index (Phi) is 4.43. The minimum atomic E-state index is -0.647. The molecule has 1 atom stereocenters. The second kappa shape index (κ2) is 6.50. The fourth-order valence-electron chi connectivity index (χ4n) is 2.14. The second-order valence-electron chi connectivity index (χ2n) is 5.68. The van der Waals surface area contributed by atoms with E-state index in [2.05, 4.69) is 10.3 Å². The van der Waals surface area contributed by atoms with Crippen LogP contribution in [0.2, 0.25) is 0 Å². The zero-order valence-corrected chi connectivity index (χ0v) is 13.9. The molecule has 1 aliphatic rings. The average Bonchev–Trinajstić information content (AvgIpc) is 3.28. The van der Waals surface area contributed by atoms with Crippen LogP contribution < -0.4 is 10.1 Å². The standard InChI is InChI=1S/C17H18N2O3S/c1-10(20)12-5-7-14(8-6-12)22-11(2)16(21)19-17-18-15(9-23-17)13-3-4-13/h5-9,11,13H,3-4H2,1-2H3,(H,18,19,21)/t11-/m0/s1. The van der Waals surface area contributed by atoms with Gasteiger partial charge in [0.1, 0.15) is 5.75 Å². The van der Waals surface area contributed by atoms with Gasteiger partial charge >= 0.3 is 0 Å². The van der Waals surface area contributed by atoms with Gasteiger partial charge < -0.3 is 4.74 Å². The van der Waals surface area contributed by atoms with E-state index in [9.17, 15) is 9.59 Å². The number of thiazole rings is 1. The normalized spacial score (nSPS) is 15.0. The molecule has 0 unspecified atom stereocenters. The molecule has 5 nitrogen and oxygen atoms in total. The van der Waals surface area contributed by atoms with Crippen LogP contribution in [0.4, 0.5) is 5.13 Å². The number of carbonyl (C=O) groups excluding carboxylic acids is 2. The van der Waals surface area contributed by atoms with Gasteiger partial charge in [-0.1, -0.05) is 0 Å². The number of rotatable bonds is 6. The van der Waals surface area contributed by atoms with Crippen LogP contribution in [0.5, 0.6) is 5.75 Å². The molecule has 1 N–H and O–H groups in total. The predicted molar refractivity (Wildman–Crippen MR) is 89.3 cm³/mol. The Morgan fingerprint density at radius 2 is 2.00 bits per heavy atom. The molecule has 0 radical (unpaired) electrons. The minimum Gasteiger partial charge on any atom is -0.481 e. The van der Waals surface area contributed by atoms with Crippen molar-refractivity contribution in [2.45, 2.75) is 38.7 Å². The summed E-state index contributed by atoms with van der Waals surface area (Å²) in [5.41, 5.74) is 1.68. The highest BCUT2D eigenvalue weighted by atomic mass is 32.1. The van der Waals surface area contributed by atoms with Gasteiger partial charge in [-0.05, 0) is 51.0 Å². The molecule has 2 aromatic rings. The molecule has 0 bridgehead atoms. The quantitative estimate of drug-likeness (QED) is 0.821. The molecule has 1 saturated carbocycles. The van der Waals surface area contributed by atoms with E-state index in [0.717, 1.165) is 5.69 Å². The van der Waals surface area contributed by atoms with Crippen molar-refractivity contribution in [1.82, 2.24) is 4.98 Å². The molecule has 1 fully saturated rings. The largest absolute Gasteiger partial charge is 0.481 e. The Balaban J connectivity index is 1.56. The lowest BCUT2D eigenvalue weighted by Crippen LogP contribution is -2.30. The van der Waals surface area contributed by atoms with Crippen LogP contribution in [0, 0.1) is 0 Å². The summed E-state index contributed by atoms with van der Waals surface area (Å²) in [7, 11) is 0. The summed E-state index contributed by atoms with van der Waals surface area (Å²) >= 11 is 1.44. The molecule has 120 valence electrons. The lowest BCUT2D eigenvalue weighted by molar-refractivity contribution is -0.122. The number of hydrogen-bond donors (Lipinski definition) is 1. The third-order valence-corrected chi connectivity index (χ3v) is 4.47. The highest BCUT2D eigenvalue weighted by Gasteiger charge is 2.26. The molecular weight excluding hydrogens is 312 g/mol. The summed E-state index contributed by atoms with van der Waals surface area (Å²) in [6.07, 6.45) is 1.73. The average molecular weight is 330 g/mol. The van der Waals surface area contributed by atoms with Gasteiger partial charge in [-0.2, -0.15) is 0 Å². The molecule has 6 heteroatoms. The predicted octanol–water partition coefficient (Wildman–Crippen LogP) is 3.63. The molecule has 1 aliphatic carbocycles. The molecule has 0 spiro atoms. The Morgan fingerprint density at radius 3 is 2.61 bits per heavy atom. The lowest BCUT2D eigenvalue weighted by Gasteiger charge is -2.13. The Hall–Kier alpha value is -2.21. The van der Waals surface area contributed by atoms with Crippen molar-refractivity contribution in [3.05, 3.63) is 40.9 Å². The number of ketones is 1. The van der Waals surface area contributed by atoms with Crippen molar-refractivity contribution in [2.75, 3.05) is 5.32 Å². The number of aromatic nitrogens is 1. The van der Waals surface area contributed by atoms with Crippen molar-refractivity contribution in [2.24, 2.45) is 0 Å². The molecule has 0 aliphatic heterocycles. The monoisotopic (exact) mass is 330 g/mol. The van der Waals surface area contributed by atoms with Gasteiger partial charge in [-0.3, -0.25) is 14.9 Å². The second-order valence-corrected chi connectivity index (χ2v) is 6.54. The van der Waals surface area contributed by atoms with Gasteiger partial charge in [-0.15, -0.1) is 11.3 Å². The highest BCUT2D eigenvalue weighted by Crippen LogP contribution is 2.40. The van der Waals surface area contributed by atoms with Crippen molar-refractivity contribution in [3.8, 4) is 5.75 Å².